The van der Waals surface area contributed by atoms with Crippen LogP contribution in [0.15, 0.2) is 80.0 Å². The van der Waals surface area contributed by atoms with E-state index in [0.717, 1.165) is 10.0 Å². The number of anilines is 1. The highest BCUT2D eigenvalue weighted by molar-refractivity contribution is 9.10. The van der Waals surface area contributed by atoms with Crippen LogP contribution in [0.5, 0.6) is 5.75 Å². The Kier molecular flexibility index (Phi) is 6.26. The molecule has 2 aromatic carbocycles. The average Bonchev–Trinajstić information content (AvgIpc) is 3.10. The Bertz CT molecular complexity index is 1220. The monoisotopic (exact) mass is 509 g/mol. The zero-order valence-corrected chi connectivity index (χ0v) is 19.8. The lowest BCUT2D eigenvalue weighted by Crippen LogP contribution is -2.39. The van der Waals surface area contributed by atoms with E-state index in [-0.39, 0.29) is 11.7 Å². The number of nitrogens with zero attached hydrogens (tertiary/aromatic N) is 3. The van der Waals surface area contributed by atoms with Gasteiger partial charge in [-0.05, 0) is 71.4 Å². The van der Waals surface area contributed by atoms with E-state index < -0.39 is 6.04 Å². The minimum atomic E-state index is -0.559. The highest BCUT2D eigenvalue weighted by Crippen LogP contribution is 2.46. The van der Waals surface area contributed by atoms with Crippen LogP contribution in [0.1, 0.15) is 25.5 Å². The number of nitrogens with two attached hydrogens (primary N) is 1. The first-order chi connectivity index (χ1) is 15.4. The van der Waals surface area contributed by atoms with Crippen molar-refractivity contribution in [3.63, 3.8) is 0 Å². The third-order valence-corrected chi connectivity index (χ3v) is 6.62. The highest BCUT2D eigenvalue weighted by atomic mass is 79.9. The quantitative estimate of drug-likeness (QED) is 0.595. The highest BCUT2D eigenvalue weighted by Gasteiger charge is 2.42. The van der Waals surface area contributed by atoms with Crippen LogP contribution in [0.25, 0.3) is 0 Å². The molecule has 4 rings (SSSR count). The summed E-state index contributed by atoms with van der Waals surface area (Å²) in [6, 6.07) is 16.5. The number of aliphatic imine (C=N–C) groups is 1. The zero-order chi connectivity index (χ0) is 22.8. The molecule has 0 unspecified atom stereocenters. The van der Waals surface area contributed by atoms with Gasteiger partial charge in [-0.2, -0.15) is 5.26 Å². The van der Waals surface area contributed by atoms with Crippen LogP contribution in [0.4, 0.5) is 5.69 Å². The number of thioether (sulfide) groups is 1. The Labute approximate surface area is 198 Å². The summed E-state index contributed by atoms with van der Waals surface area (Å²) in [5, 5.41) is 13.0. The predicted octanol–water partition coefficient (Wildman–Crippen LogP) is 4.87. The van der Waals surface area contributed by atoms with Crippen LogP contribution < -0.4 is 15.8 Å². The van der Waals surface area contributed by atoms with Gasteiger partial charge in [0.25, 0.3) is 5.91 Å². The number of ether oxygens (including phenoxy) is 1. The fraction of sp³-hybridized carbons (Fsp3) is 0.174. The Morgan fingerprint density at radius 3 is 2.75 bits per heavy atom. The molecule has 162 valence electrons. The van der Waals surface area contributed by atoms with E-state index in [0.29, 0.717) is 39.4 Å². The maximum absolute atomic E-state index is 13.4. The molecular weight excluding hydrogens is 490 g/mol. The van der Waals surface area contributed by atoms with Crippen molar-refractivity contribution in [3.05, 3.63) is 80.6 Å². The Hall–Kier alpha value is -3.22. The summed E-state index contributed by atoms with van der Waals surface area (Å²) in [4.78, 5) is 20.1. The number of amidine groups is 1. The smallest absolute Gasteiger partial charge is 0.255 e. The number of allylic oxidation sites excluding steroid dienone is 2. The summed E-state index contributed by atoms with van der Waals surface area (Å²) in [6.45, 7) is 4.24. The molecule has 2 heterocycles. The first-order valence-corrected chi connectivity index (χ1v) is 11.5. The van der Waals surface area contributed by atoms with Crippen molar-refractivity contribution in [2.24, 2.45) is 10.7 Å². The average molecular weight is 510 g/mol. The number of amides is 1. The van der Waals surface area contributed by atoms with Crippen LogP contribution >= 0.6 is 27.7 Å². The summed E-state index contributed by atoms with van der Waals surface area (Å²) in [6.07, 6.45) is 0. The molecule has 2 aromatic rings. The van der Waals surface area contributed by atoms with Gasteiger partial charge >= 0.3 is 0 Å². The summed E-state index contributed by atoms with van der Waals surface area (Å²) >= 11 is 4.77. The van der Waals surface area contributed by atoms with E-state index in [9.17, 15) is 10.1 Å². The minimum absolute atomic E-state index is 0.281. The van der Waals surface area contributed by atoms with Crippen molar-refractivity contribution in [2.75, 3.05) is 11.9 Å². The molecule has 0 radical (unpaired) electrons. The van der Waals surface area contributed by atoms with Crippen molar-refractivity contribution in [3.8, 4) is 11.8 Å². The summed E-state index contributed by atoms with van der Waals surface area (Å²) < 4.78 is 6.40. The standard InChI is InChI=1S/C23H20BrN5O2S/c1-3-31-17-10-9-14(11-16(17)24)20-19(22(30)28-15-7-5-4-6-8-15)13(2)27-23-29(20)21(26)18(12-25)32-23/h4-11,20H,3,26H2,1-2H3,(H,28,30)/t20-/m0/s1. The third kappa shape index (κ3) is 3.99. The molecule has 1 amide bonds. The number of carbonyl (C=O) groups is 1. The molecule has 9 heteroatoms. The zero-order valence-electron chi connectivity index (χ0n) is 17.4. The minimum Gasteiger partial charge on any atom is -0.493 e. The Morgan fingerprint density at radius 1 is 1.34 bits per heavy atom. The van der Waals surface area contributed by atoms with E-state index in [2.05, 4.69) is 32.3 Å². The van der Waals surface area contributed by atoms with Gasteiger partial charge in [0.15, 0.2) is 5.17 Å². The largest absolute Gasteiger partial charge is 0.493 e. The molecule has 1 atom stereocenters. The van der Waals surface area contributed by atoms with E-state index in [1.165, 1.54) is 11.8 Å². The number of para-hydroxylation sites is 1. The van der Waals surface area contributed by atoms with Gasteiger partial charge in [0.1, 0.15) is 22.5 Å². The summed E-state index contributed by atoms with van der Waals surface area (Å²) in [5.74, 6) is 0.701. The van der Waals surface area contributed by atoms with E-state index in [1.807, 2.05) is 55.5 Å². The lowest BCUT2D eigenvalue weighted by molar-refractivity contribution is -0.113. The van der Waals surface area contributed by atoms with Crippen LogP contribution in [0.2, 0.25) is 0 Å². The van der Waals surface area contributed by atoms with Gasteiger partial charge in [0.2, 0.25) is 0 Å². The molecule has 0 saturated heterocycles. The number of halogens is 1. The SMILES string of the molecule is CCOc1ccc([C@H]2C(C(=O)Nc3ccccc3)=C(C)N=C3SC(C#N)=C(N)N32)cc1Br. The van der Waals surface area contributed by atoms with E-state index in [1.54, 1.807) is 11.8 Å². The number of nitriles is 1. The van der Waals surface area contributed by atoms with Crippen molar-refractivity contribution in [1.82, 2.24) is 4.90 Å². The molecule has 2 aliphatic heterocycles. The topological polar surface area (TPSA) is 104 Å². The van der Waals surface area contributed by atoms with Crippen molar-refractivity contribution < 1.29 is 9.53 Å². The van der Waals surface area contributed by atoms with Crippen LogP contribution in [0, 0.1) is 11.3 Å². The van der Waals surface area contributed by atoms with Gasteiger partial charge in [-0.3, -0.25) is 9.69 Å². The van der Waals surface area contributed by atoms with Gasteiger partial charge in [0.05, 0.1) is 28.4 Å². The Balaban J connectivity index is 1.82. The molecule has 32 heavy (non-hydrogen) atoms. The van der Waals surface area contributed by atoms with Crippen molar-refractivity contribution >= 4 is 44.5 Å². The maximum atomic E-state index is 13.4. The van der Waals surface area contributed by atoms with Gasteiger partial charge in [0, 0.05) is 5.69 Å². The van der Waals surface area contributed by atoms with Crippen LogP contribution in [-0.2, 0) is 4.79 Å². The summed E-state index contributed by atoms with van der Waals surface area (Å²) in [5.41, 5.74) is 8.85. The molecule has 0 spiro atoms. The predicted molar refractivity (Wildman–Crippen MR) is 130 cm³/mol. The molecule has 0 aliphatic carbocycles. The second-order valence-electron chi connectivity index (χ2n) is 7.04. The van der Waals surface area contributed by atoms with E-state index in [4.69, 9.17) is 10.5 Å². The molecule has 3 N–H and O–H groups in total. The lowest BCUT2D eigenvalue weighted by atomic mass is 9.93. The molecule has 7 nitrogen and oxygen atoms in total. The second-order valence-corrected chi connectivity index (χ2v) is 8.87. The van der Waals surface area contributed by atoms with Crippen LogP contribution in [-0.4, -0.2) is 22.6 Å². The molecule has 0 saturated carbocycles. The molecule has 0 aromatic heterocycles. The van der Waals surface area contributed by atoms with Gasteiger partial charge in [-0.15, -0.1) is 0 Å². The number of nitrogens with one attached hydrogen (secondary N) is 1. The number of benzene rings is 2. The molecular formula is C23H20BrN5O2S. The van der Waals surface area contributed by atoms with Gasteiger partial charge in [-0.25, -0.2) is 4.99 Å². The fourth-order valence-electron chi connectivity index (χ4n) is 3.63. The number of hydrogen-bond acceptors (Lipinski definition) is 7. The maximum Gasteiger partial charge on any atom is 0.255 e. The number of rotatable bonds is 5. The van der Waals surface area contributed by atoms with Gasteiger partial charge in [-0.1, -0.05) is 24.3 Å². The molecule has 0 fully saturated rings. The van der Waals surface area contributed by atoms with E-state index >= 15 is 0 Å². The van der Waals surface area contributed by atoms with Crippen molar-refractivity contribution in [2.45, 2.75) is 19.9 Å². The second kappa shape index (κ2) is 9.10. The molecule has 0 bridgehead atoms. The fourth-order valence-corrected chi connectivity index (χ4v) is 5.05. The first kappa shape index (κ1) is 22.0. The number of carbonyl (C=O) groups excluding carboxylic acids is 1. The van der Waals surface area contributed by atoms with Crippen molar-refractivity contribution in [1.29, 1.82) is 5.26 Å². The number of fused-ring (bicyclic) bond motifs is 1. The van der Waals surface area contributed by atoms with Crippen LogP contribution in [0.3, 0.4) is 0 Å². The van der Waals surface area contributed by atoms with Gasteiger partial charge < -0.3 is 15.8 Å². The lowest BCUT2D eigenvalue weighted by Gasteiger charge is -2.35. The third-order valence-electron chi connectivity index (χ3n) is 5.03. The number of hydrogen-bond donors (Lipinski definition) is 2. The first-order valence-electron chi connectivity index (χ1n) is 9.89. The Morgan fingerprint density at radius 2 is 2.09 bits per heavy atom. The normalized spacial score (nSPS) is 17.6. The molecule has 2 aliphatic rings. The summed E-state index contributed by atoms with van der Waals surface area (Å²) in [7, 11) is 0.